The first kappa shape index (κ1) is 12.4. The van der Waals surface area contributed by atoms with Crippen molar-refractivity contribution >= 4 is 23.4 Å². The molecule has 0 aliphatic carbocycles. The van der Waals surface area contributed by atoms with E-state index in [0.717, 1.165) is 20.5 Å². The van der Waals surface area contributed by atoms with Gasteiger partial charge < -0.3 is 5.11 Å². The SMILES string of the molecule is C[C@H](O)c1ccc(Sc2ccccc2Cl)nc1. The van der Waals surface area contributed by atoms with E-state index in [1.165, 1.54) is 11.8 Å². The van der Waals surface area contributed by atoms with Crippen LogP contribution in [0.4, 0.5) is 0 Å². The average molecular weight is 266 g/mol. The van der Waals surface area contributed by atoms with E-state index in [1.54, 1.807) is 13.1 Å². The second-order valence-electron chi connectivity index (χ2n) is 3.64. The number of hydrogen-bond donors (Lipinski definition) is 1. The topological polar surface area (TPSA) is 33.1 Å². The van der Waals surface area contributed by atoms with Crippen LogP contribution < -0.4 is 0 Å². The Morgan fingerprint density at radius 2 is 2.00 bits per heavy atom. The van der Waals surface area contributed by atoms with E-state index in [2.05, 4.69) is 4.98 Å². The first-order valence-corrected chi connectivity index (χ1v) is 6.42. The van der Waals surface area contributed by atoms with E-state index in [-0.39, 0.29) is 0 Å². The van der Waals surface area contributed by atoms with Gasteiger partial charge in [0.1, 0.15) is 5.03 Å². The Morgan fingerprint density at radius 1 is 1.24 bits per heavy atom. The van der Waals surface area contributed by atoms with Crippen molar-refractivity contribution in [1.82, 2.24) is 4.98 Å². The summed E-state index contributed by atoms with van der Waals surface area (Å²) in [6.07, 6.45) is 1.20. The molecule has 0 bridgehead atoms. The maximum Gasteiger partial charge on any atom is 0.101 e. The van der Waals surface area contributed by atoms with Crippen LogP contribution in [0.5, 0.6) is 0 Å². The number of nitrogens with zero attached hydrogens (tertiary/aromatic N) is 1. The van der Waals surface area contributed by atoms with Gasteiger partial charge in [-0.25, -0.2) is 4.98 Å². The molecule has 4 heteroatoms. The van der Waals surface area contributed by atoms with Gasteiger partial charge in [-0.15, -0.1) is 0 Å². The lowest BCUT2D eigenvalue weighted by Crippen LogP contribution is -1.92. The van der Waals surface area contributed by atoms with E-state index < -0.39 is 6.10 Å². The van der Waals surface area contributed by atoms with E-state index >= 15 is 0 Å². The van der Waals surface area contributed by atoms with Gasteiger partial charge in [-0.05, 0) is 30.7 Å². The molecule has 17 heavy (non-hydrogen) atoms. The molecule has 0 radical (unpaired) electrons. The molecular weight excluding hydrogens is 254 g/mol. The van der Waals surface area contributed by atoms with Crippen molar-refractivity contribution in [1.29, 1.82) is 0 Å². The minimum atomic E-state index is -0.484. The second kappa shape index (κ2) is 5.54. The molecule has 0 saturated carbocycles. The van der Waals surface area contributed by atoms with Gasteiger partial charge in [0.05, 0.1) is 11.1 Å². The lowest BCUT2D eigenvalue weighted by molar-refractivity contribution is 0.198. The molecule has 0 amide bonds. The zero-order valence-electron chi connectivity index (χ0n) is 9.30. The summed E-state index contributed by atoms with van der Waals surface area (Å²) >= 11 is 7.58. The molecule has 1 heterocycles. The smallest absolute Gasteiger partial charge is 0.101 e. The zero-order chi connectivity index (χ0) is 12.3. The largest absolute Gasteiger partial charge is 0.389 e. The highest BCUT2D eigenvalue weighted by atomic mass is 35.5. The maximum atomic E-state index is 9.38. The monoisotopic (exact) mass is 265 g/mol. The van der Waals surface area contributed by atoms with Gasteiger partial charge in [-0.3, -0.25) is 0 Å². The lowest BCUT2D eigenvalue weighted by Gasteiger charge is -2.06. The third-order valence-electron chi connectivity index (χ3n) is 2.29. The number of benzene rings is 1. The first-order valence-electron chi connectivity index (χ1n) is 5.23. The van der Waals surface area contributed by atoms with Crippen molar-refractivity contribution in [2.45, 2.75) is 22.9 Å². The maximum absolute atomic E-state index is 9.38. The predicted molar refractivity (Wildman–Crippen MR) is 70.4 cm³/mol. The van der Waals surface area contributed by atoms with Crippen molar-refractivity contribution in [3.63, 3.8) is 0 Å². The molecule has 2 aromatic rings. The van der Waals surface area contributed by atoms with Crippen LogP contribution in [0, 0.1) is 0 Å². The third-order valence-corrected chi connectivity index (χ3v) is 3.76. The number of rotatable bonds is 3. The molecule has 0 unspecified atom stereocenters. The van der Waals surface area contributed by atoms with Gasteiger partial charge in [-0.1, -0.05) is 41.6 Å². The van der Waals surface area contributed by atoms with E-state index in [0.29, 0.717) is 0 Å². The predicted octanol–water partition coefficient (Wildman–Crippen LogP) is 3.94. The Hall–Kier alpha value is -1.03. The first-order chi connectivity index (χ1) is 8.16. The molecule has 88 valence electrons. The molecule has 1 atom stereocenters. The van der Waals surface area contributed by atoms with Crippen LogP contribution in [-0.2, 0) is 0 Å². The minimum absolute atomic E-state index is 0.484. The zero-order valence-corrected chi connectivity index (χ0v) is 10.9. The van der Waals surface area contributed by atoms with Gasteiger partial charge in [-0.2, -0.15) is 0 Å². The summed E-state index contributed by atoms with van der Waals surface area (Å²) in [7, 11) is 0. The van der Waals surface area contributed by atoms with Gasteiger partial charge in [0.15, 0.2) is 0 Å². The number of hydrogen-bond acceptors (Lipinski definition) is 3. The lowest BCUT2D eigenvalue weighted by atomic mass is 10.2. The normalized spacial score (nSPS) is 12.4. The fraction of sp³-hybridized carbons (Fsp3) is 0.154. The molecule has 2 nitrogen and oxygen atoms in total. The van der Waals surface area contributed by atoms with E-state index in [9.17, 15) is 5.11 Å². The quantitative estimate of drug-likeness (QED) is 0.913. The molecular formula is C13H12ClNOS. The summed E-state index contributed by atoms with van der Waals surface area (Å²) in [5.74, 6) is 0. The number of pyridine rings is 1. The highest BCUT2D eigenvalue weighted by Crippen LogP contribution is 2.31. The Bertz CT molecular complexity index is 499. The summed E-state index contributed by atoms with van der Waals surface area (Å²) in [6.45, 7) is 1.72. The highest BCUT2D eigenvalue weighted by molar-refractivity contribution is 7.99. The van der Waals surface area contributed by atoms with Crippen molar-refractivity contribution in [2.75, 3.05) is 0 Å². The molecule has 1 aromatic carbocycles. The Morgan fingerprint density at radius 3 is 2.59 bits per heavy atom. The van der Waals surface area contributed by atoms with Crippen LogP contribution in [-0.4, -0.2) is 10.1 Å². The molecule has 0 fully saturated rings. The van der Waals surface area contributed by atoms with Crippen LogP contribution >= 0.6 is 23.4 Å². The standard InChI is InChI=1S/C13H12ClNOS/c1-9(16)10-6-7-13(15-8-10)17-12-5-3-2-4-11(12)14/h2-9,16H,1H3/t9-/m0/s1. The number of aliphatic hydroxyl groups excluding tert-OH is 1. The number of halogens is 1. The summed E-state index contributed by atoms with van der Waals surface area (Å²) < 4.78 is 0. The molecule has 1 N–H and O–H groups in total. The molecule has 2 rings (SSSR count). The van der Waals surface area contributed by atoms with Crippen LogP contribution in [0.15, 0.2) is 52.5 Å². The number of aliphatic hydroxyl groups is 1. The van der Waals surface area contributed by atoms with Crippen LogP contribution in [0.1, 0.15) is 18.6 Å². The van der Waals surface area contributed by atoms with Gasteiger partial charge in [0.25, 0.3) is 0 Å². The summed E-state index contributed by atoms with van der Waals surface area (Å²) in [4.78, 5) is 5.26. The van der Waals surface area contributed by atoms with Crippen molar-refractivity contribution in [2.24, 2.45) is 0 Å². The average Bonchev–Trinajstić information content (AvgIpc) is 2.33. The van der Waals surface area contributed by atoms with Crippen LogP contribution in [0.3, 0.4) is 0 Å². The van der Waals surface area contributed by atoms with Crippen LogP contribution in [0.2, 0.25) is 5.02 Å². The minimum Gasteiger partial charge on any atom is -0.389 e. The van der Waals surface area contributed by atoms with Gasteiger partial charge >= 0.3 is 0 Å². The molecule has 0 spiro atoms. The molecule has 1 aromatic heterocycles. The van der Waals surface area contributed by atoms with Crippen molar-refractivity contribution in [3.05, 3.63) is 53.2 Å². The number of aromatic nitrogens is 1. The fourth-order valence-corrected chi connectivity index (χ4v) is 2.37. The van der Waals surface area contributed by atoms with Crippen molar-refractivity contribution < 1.29 is 5.11 Å². The molecule has 0 saturated heterocycles. The van der Waals surface area contributed by atoms with Gasteiger partial charge in [0, 0.05) is 11.1 Å². The Labute approximate surface area is 110 Å². The third kappa shape index (κ3) is 3.22. The summed E-state index contributed by atoms with van der Waals surface area (Å²) in [6, 6.07) is 11.4. The Kier molecular flexibility index (Phi) is 4.05. The van der Waals surface area contributed by atoms with E-state index in [1.807, 2.05) is 36.4 Å². The Balaban J connectivity index is 2.17. The van der Waals surface area contributed by atoms with Crippen molar-refractivity contribution in [3.8, 4) is 0 Å². The summed E-state index contributed by atoms with van der Waals surface area (Å²) in [5, 5.41) is 11.0. The molecule has 0 aliphatic rings. The fourth-order valence-electron chi connectivity index (χ4n) is 1.34. The van der Waals surface area contributed by atoms with Crippen LogP contribution in [0.25, 0.3) is 0 Å². The van der Waals surface area contributed by atoms with E-state index in [4.69, 9.17) is 11.6 Å². The second-order valence-corrected chi connectivity index (χ2v) is 5.11. The van der Waals surface area contributed by atoms with Gasteiger partial charge in [0.2, 0.25) is 0 Å². The highest BCUT2D eigenvalue weighted by Gasteiger charge is 2.04. The summed E-state index contributed by atoms with van der Waals surface area (Å²) in [5.41, 5.74) is 0.813. The molecule has 0 aliphatic heterocycles.